The first kappa shape index (κ1) is 18.3. The van der Waals surface area contributed by atoms with Crippen LogP contribution in [0.3, 0.4) is 0 Å². The molecule has 1 heterocycles. The summed E-state index contributed by atoms with van der Waals surface area (Å²) in [5.74, 6) is 0.830. The van der Waals surface area contributed by atoms with E-state index in [0.717, 1.165) is 51.5 Å². The maximum Gasteiger partial charge on any atom is 0.244 e. The van der Waals surface area contributed by atoms with Crippen molar-refractivity contribution in [2.24, 2.45) is 4.99 Å². The number of hydrogen-bond acceptors (Lipinski definition) is 3. The normalized spacial score (nSPS) is 18.3. The van der Waals surface area contributed by atoms with Crippen LogP contribution in [0.5, 0.6) is 0 Å². The molecule has 1 amide bonds. The molecule has 1 saturated heterocycles. The maximum absolute atomic E-state index is 12.5. The molecule has 0 radical (unpaired) electrons. The standard InChI is InChI=1S/C20H29N5O/c1-2-21-20(23-17-8-6-7-9-17)22-16-19(26)25-14-12-24(13-15-25)18-10-4-3-5-11-18/h3-7,10-11,17H,2,8-9,12-16H2,1H3,(H2,21,22,23). The van der Waals surface area contributed by atoms with Gasteiger partial charge in [0.25, 0.3) is 0 Å². The van der Waals surface area contributed by atoms with Crippen molar-refractivity contribution < 1.29 is 4.79 Å². The molecule has 140 valence electrons. The number of benzene rings is 1. The summed E-state index contributed by atoms with van der Waals surface area (Å²) < 4.78 is 0. The Hall–Kier alpha value is -2.50. The van der Waals surface area contributed by atoms with E-state index in [2.05, 4.69) is 56.9 Å². The molecular formula is C20H29N5O. The lowest BCUT2D eigenvalue weighted by Gasteiger charge is -2.36. The second-order valence-corrected chi connectivity index (χ2v) is 6.68. The smallest absolute Gasteiger partial charge is 0.244 e. The minimum absolute atomic E-state index is 0.0967. The third-order valence-corrected chi connectivity index (χ3v) is 4.82. The van der Waals surface area contributed by atoms with Crippen molar-refractivity contribution in [1.29, 1.82) is 0 Å². The van der Waals surface area contributed by atoms with E-state index in [4.69, 9.17) is 0 Å². The van der Waals surface area contributed by atoms with Gasteiger partial charge in [0, 0.05) is 44.5 Å². The Bertz CT molecular complexity index is 627. The van der Waals surface area contributed by atoms with Gasteiger partial charge in [-0.3, -0.25) is 4.79 Å². The Balaban J connectivity index is 1.48. The third kappa shape index (κ3) is 5.00. The highest BCUT2D eigenvalue weighted by Gasteiger charge is 2.21. The van der Waals surface area contributed by atoms with Gasteiger partial charge in [0.15, 0.2) is 5.96 Å². The summed E-state index contributed by atoms with van der Waals surface area (Å²) in [6.07, 6.45) is 6.39. The highest BCUT2D eigenvalue weighted by atomic mass is 16.2. The summed E-state index contributed by atoms with van der Waals surface area (Å²) in [6.45, 7) is 6.25. The van der Waals surface area contributed by atoms with Gasteiger partial charge in [0.05, 0.1) is 0 Å². The van der Waals surface area contributed by atoms with Crippen LogP contribution in [0.15, 0.2) is 47.5 Å². The number of carbonyl (C=O) groups excluding carboxylic acids is 1. The predicted octanol–water partition coefficient (Wildman–Crippen LogP) is 1.61. The number of piperazine rings is 1. The van der Waals surface area contributed by atoms with E-state index >= 15 is 0 Å². The van der Waals surface area contributed by atoms with Gasteiger partial charge in [-0.1, -0.05) is 30.4 Å². The fourth-order valence-electron chi connectivity index (χ4n) is 3.35. The molecule has 1 aromatic rings. The summed E-state index contributed by atoms with van der Waals surface area (Å²) >= 11 is 0. The Morgan fingerprint density at radius 1 is 1.12 bits per heavy atom. The van der Waals surface area contributed by atoms with Crippen LogP contribution in [-0.4, -0.2) is 62.1 Å². The SMILES string of the molecule is CCNC(=NCC(=O)N1CCN(c2ccccc2)CC1)NC1CC=CC1. The fraction of sp³-hybridized carbons (Fsp3) is 0.500. The lowest BCUT2D eigenvalue weighted by atomic mass is 10.2. The quantitative estimate of drug-likeness (QED) is 0.479. The zero-order chi connectivity index (χ0) is 18.2. The number of anilines is 1. The molecule has 0 aromatic heterocycles. The van der Waals surface area contributed by atoms with E-state index in [1.54, 1.807) is 0 Å². The van der Waals surface area contributed by atoms with Crippen molar-refractivity contribution in [1.82, 2.24) is 15.5 Å². The first-order chi connectivity index (χ1) is 12.8. The molecule has 0 saturated carbocycles. The highest BCUT2D eigenvalue weighted by molar-refractivity contribution is 5.85. The van der Waals surface area contributed by atoms with Gasteiger partial charge in [-0.05, 0) is 31.9 Å². The molecule has 2 aliphatic rings. The maximum atomic E-state index is 12.5. The zero-order valence-corrected chi connectivity index (χ0v) is 15.5. The molecule has 3 rings (SSSR count). The fourth-order valence-corrected chi connectivity index (χ4v) is 3.35. The molecule has 0 atom stereocenters. The average Bonchev–Trinajstić information content (AvgIpc) is 3.20. The Morgan fingerprint density at radius 2 is 1.81 bits per heavy atom. The van der Waals surface area contributed by atoms with Gasteiger partial charge in [0.1, 0.15) is 6.54 Å². The average molecular weight is 355 g/mol. The predicted molar refractivity (Wildman–Crippen MR) is 107 cm³/mol. The Kier molecular flexibility index (Phi) is 6.52. The number of para-hydroxylation sites is 1. The third-order valence-electron chi connectivity index (χ3n) is 4.82. The molecule has 26 heavy (non-hydrogen) atoms. The minimum Gasteiger partial charge on any atom is -0.368 e. The second-order valence-electron chi connectivity index (χ2n) is 6.68. The lowest BCUT2D eigenvalue weighted by molar-refractivity contribution is -0.129. The van der Waals surface area contributed by atoms with Gasteiger partial charge in [-0.25, -0.2) is 4.99 Å². The number of nitrogens with one attached hydrogen (secondary N) is 2. The summed E-state index contributed by atoms with van der Waals surface area (Å²) in [7, 11) is 0. The zero-order valence-electron chi connectivity index (χ0n) is 15.5. The molecule has 6 nitrogen and oxygen atoms in total. The Labute approximate surface area is 156 Å². The van der Waals surface area contributed by atoms with Gasteiger partial charge >= 0.3 is 0 Å². The lowest BCUT2D eigenvalue weighted by Crippen LogP contribution is -2.50. The first-order valence-electron chi connectivity index (χ1n) is 9.54. The first-order valence-corrected chi connectivity index (χ1v) is 9.54. The van der Waals surface area contributed by atoms with E-state index in [-0.39, 0.29) is 12.5 Å². The summed E-state index contributed by atoms with van der Waals surface area (Å²) in [6, 6.07) is 10.8. The summed E-state index contributed by atoms with van der Waals surface area (Å²) in [5, 5.41) is 6.63. The van der Waals surface area contributed by atoms with Crippen LogP contribution in [0.25, 0.3) is 0 Å². The van der Waals surface area contributed by atoms with Gasteiger partial charge in [-0.15, -0.1) is 0 Å². The molecule has 2 N–H and O–H groups in total. The van der Waals surface area contributed by atoms with E-state index in [9.17, 15) is 4.79 Å². The van der Waals surface area contributed by atoms with E-state index in [0.29, 0.717) is 6.04 Å². The molecule has 1 fully saturated rings. The molecule has 1 aliphatic heterocycles. The van der Waals surface area contributed by atoms with Crippen LogP contribution in [0.4, 0.5) is 5.69 Å². The van der Waals surface area contributed by atoms with Crippen molar-refractivity contribution in [2.45, 2.75) is 25.8 Å². The number of rotatable bonds is 5. The van der Waals surface area contributed by atoms with Crippen molar-refractivity contribution in [3.8, 4) is 0 Å². The number of aliphatic imine (C=N–C) groups is 1. The minimum atomic E-state index is 0.0967. The molecule has 0 spiro atoms. The van der Waals surface area contributed by atoms with Crippen LogP contribution < -0.4 is 15.5 Å². The molecule has 1 aliphatic carbocycles. The van der Waals surface area contributed by atoms with Crippen molar-refractivity contribution in [3.05, 3.63) is 42.5 Å². The number of amides is 1. The molecule has 1 aromatic carbocycles. The molecular weight excluding hydrogens is 326 g/mol. The largest absolute Gasteiger partial charge is 0.368 e. The van der Waals surface area contributed by atoms with Crippen molar-refractivity contribution >= 4 is 17.6 Å². The van der Waals surface area contributed by atoms with Crippen LogP contribution in [0.2, 0.25) is 0 Å². The summed E-state index contributed by atoms with van der Waals surface area (Å²) in [5.41, 5.74) is 1.22. The molecule has 0 unspecified atom stereocenters. The van der Waals surface area contributed by atoms with Crippen molar-refractivity contribution in [2.75, 3.05) is 44.2 Å². The van der Waals surface area contributed by atoms with Crippen LogP contribution >= 0.6 is 0 Å². The van der Waals surface area contributed by atoms with Gasteiger partial charge < -0.3 is 20.4 Å². The van der Waals surface area contributed by atoms with Gasteiger partial charge in [-0.2, -0.15) is 0 Å². The monoisotopic (exact) mass is 355 g/mol. The Morgan fingerprint density at radius 3 is 2.46 bits per heavy atom. The molecule has 6 heteroatoms. The second kappa shape index (κ2) is 9.27. The van der Waals surface area contributed by atoms with Crippen LogP contribution in [0, 0.1) is 0 Å². The topological polar surface area (TPSA) is 60.0 Å². The highest BCUT2D eigenvalue weighted by Crippen LogP contribution is 2.15. The number of hydrogen-bond donors (Lipinski definition) is 2. The number of guanidine groups is 1. The van der Waals surface area contributed by atoms with Gasteiger partial charge in [0.2, 0.25) is 5.91 Å². The number of nitrogens with zero attached hydrogens (tertiary/aromatic N) is 3. The van der Waals surface area contributed by atoms with E-state index in [1.165, 1.54) is 5.69 Å². The van der Waals surface area contributed by atoms with E-state index < -0.39 is 0 Å². The number of carbonyl (C=O) groups is 1. The van der Waals surface area contributed by atoms with Crippen molar-refractivity contribution in [3.63, 3.8) is 0 Å². The van der Waals surface area contributed by atoms with Crippen LogP contribution in [-0.2, 0) is 4.79 Å². The van der Waals surface area contributed by atoms with Crippen LogP contribution in [0.1, 0.15) is 19.8 Å². The summed E-state index contributed by atoms with van der Waals surface area (Å²) in [4.78, 5) is 21.3. The van der Waals surface area contributed by atoms with E-state index in [1.807, 2.05) is 17.9 Å². The molecule has 0 bridgehead atoms.